The molecular formula is C17H28N2O2S. The number of hydrogen-bond donors (Lipinski definition) is 4. The van der Waals surface area contributed by atoms with Crippen LogP contribution in [0.4, 0.5) is 11.4 Å². The SMILES string of the molecule is Cc1cc2c(cc1N)CC(CS)C(C)(C)N2CCC(O)CO. The van der Waals surface area contributed by atoms with Crippen LogP contribution in [0.1, 0.15) is 31.4 Å². The summed E-state index contributed by atoms with van der Waals surface area (Å²) in [6.07, 6.45) is 0.836. The number of benzene rings is 1. The quantitative estimate of drug-likeness (QED) is 0.494. The average molecular weight is 324 g/mol. The second kappa shape index (κ2) is 6.69. The fourth-order valence-electron chi connectivity index (χ4n) is 3.28. The van der Waals surface area contributed by atoms with E-state index in [1.54, 1.807) is 0 Å². The molecule has 2 rings (SSSR count). The highest BCUT2D eigenvalue weighted by atomic mass is 32.1. The fraction of sp³-hybridized carbons (Fsp3) is 0.647. The number of anilines is 2. The van der Waals surface area contributed by atoms with Gasteiger partial charge in [0, 0.05) is 23.5 Å². The zero-order chi connectivity index (χ0) is 16.5. The van der Waals surface area contributed by atoms with Crippen LogP contribution in [-0.4, -0.2) is 40.8 Å². The maximum Gasteiger partial charge on any atom is 0.0787 e. The van der Waals surface area contributed by atoms with Crippen molar-refractivity contribution in [1.29, 1.82) is 0 Å². The fourth-order valence-corrected chi connectivity index (χ4v) is 3.86. The molecule has 0 fully saturated rings. The van der Waals surface area contributed by atoms with Crippen molar-refractivity contribution >= 4 is 24.0 Å². The van der Waals surface area contributed by atoms with Crippen molar-refractivity contribution in [2.24, 2.45) is 5.92 Å². The van der Waals surface area contributed by atoms with Crippen molar-refractivity contribution < 1.29 is 10.2 Å². The second-order valence-electron chi connectivity index (χ2n) is 6.85. The summed E-state index contributed by atoms with van der Waals surface area (Å²) < 4.78 is 0. The zero-order valence-corrected chi connectivity index (χ0v) is 14.6. The van der Waals surface area contributed by atoms with Crippen LogP contribution >= 0.6 is 12.6 Å². The Kier molecular flexibility index (Phi) is 5.30. The van der Waals surface area contributed by atoms with Crippen LogP contribution in [0.25, 0.3) is 0 Å². The number of aliphatic hydroxyl groups excluding tert-OH is 2. The van der Waals surface area contributed by atoms with Crippen molar-refractivity contribution in [1.82, 2.24) is 0 Å². The molecule has 1 heterocycles. The van der Waals surface area contributed by atoms with Crippen molar-refractivity contribution in [2.45, 2.75) is 45.3 Å². The first-order valence-electron chi connectivity index (χ1n) is 7.87. The average Bonchev–Trinajstić information content (AvgIpc) is 2.47. The number of nitrogens with zero attached hydrogens (tertiary/aromatic N) is 1. The first-order chi connectivity index (χ1) is 10.3. The predicted molar refractivity (Wildman–Crippen MR) is 95.8 cm³/mol. The lowest BCUT2D eigenvalue weighted by molar-refractivity contribution is 0.0878. The van der Waals surface area contributed by atoms with Gasteiger partial charge >= 0.3 is 0 Å². The summed E-state index contributed by atoms with van der Waals surface area (Å²) in [4.78, 5) is 2.35. The number of aryl methyl sites for hydroxylation is 1. The number of nitrogen functional groups attached to an aromatic ring is 1. The minimum Gasteiger partial charge on any atom is -0.399 e. The Morgan fingerprint density at radius 1 is 1.45 bits per heavy atom. The van der Waals surface area contributed by atoms with Crippen molar-refractivity contribution in [2.75, 3.05) is 29.5 Å². The van der Waals surface area contributed by atoms with E-state index in [0.29, 0.717) is 18.9 Å². The third kappa shape index (κ3) is 3.21. The first-order valence-corrected chi connectivity index (χ1v) is 8.51. The molecule has 4 N–H and O–H groups in total. The molecule has 0 saturated carbocycles. The van der Waals surface area contributed by atoms with Gasteiger partial charge in [-0.05, 0) is 68.5 Å². The molecule has 1 aromatic rings. The van der Waals surface area contributed by atoms with Crippen LogP contribution in [0.3, 0.4) is 0 Å². The van der Waals surface area contributed by atoms with E-state index in [-0.39, 0.29) is 12.1 Å². The molecule has 1 aliphatic heterocycles. The highest BCUT2D eigenvalue weighted by Gasteiger charge is 2.40. The Morgan fingerprint density at radius 2 is 2.14 bits per heavy atom. The summed E-state index contributed by atoms with van der Waals surface area (Å²) in [7, 11) is 0. The molecule has 4 nitrogen and oxygen atoms in total. The molecule has 124 valence electrons. The van der Waals surface area contributed by atoms with Crippen LogP contribution < -0.4 is 10.6 Å². The van der Waals surface area contributed by atoms with E-state index in [1.807, 2.05) is 6.92 Å². The standard InChI is InChI=1S/C17H28N2O2S/c1-11-6-16-12(8-15(11)18)7-13(10-22)17(2,3)19(16)5-4-14(21)9-20/h6,8,13-14,20-22H,4-5,7,9-10,18H2,1-3H3. The molecule has 5 heteroatoms. The Balaban J connectivity index is 2.40. The molecule has 2 atom stereocenters. The Morgan fingerprint density at radius 3 is 2.73 bits per heavy atom. The van der Waals surface area contributed by atoms with Crippen molar-refractivity contribution in [3.63, 3.8) is 0 Å². The molecule has 0 aromatic heterocycles. The smallest absolute Gasteiger partial charge is 0.0787 e. The van der Waals surface area contributed by atoms with Crippen LogP contribution in [0.15, 0.2) is 12.1 Å². The maximum absolute atomic E-state index is 9.72. The summed E-state index contributed by atoms with van der Waals surface area (Å²) in [5, 5.41) is 18.8. The summed E-state index contributed by atoms with van der Waals surface area (Å²) >= 11 is 4.54. The third-order valence-electron chi connectivity index (χ3n) is 5.04. The van der Waals surface area contributed by atoms with E-state index in [9.17, 15) is 5.11 Å². The molecule has 2 unspecified atom stereocenters. The predicted octanol–water partition coefficient (Wildman–Crippen LogP) is 2.01. The van der Waals surface area contributed by atoms with Crippen LogP contribution in [0, 0.1) is 12.8 Å². The normalized spacial score (nSPS) is 21.5. The van der Waals surface area contributed by atoms with Gasteiger partial charge in [-0.15, -0.1) is 0 Å². The van der Waals surface area contributed by atoms with Gasteiger partial charge in [-0.1, -0.05) is 0 Å². The van der Waals surface area contributed by atoms with Crippen molar-refractivity contribution in [3.8, 4) is 0 Å². The monoisotopic (exact) mass is 324 g/mol. The lowest BCUT2D eigenvalue weighted by Gasteiger charge is -2.50. The van der Waals surface area contributed by atoms with Gasteiger partial charge in [-0.25, -0.2) is 0 Å². The topological polar surface area (TPSA) is 69.7 Å². The minimum atomic E-state index is -0.675. The summed E-state index contributed by atoms with van der Waals surface area (Å²) in [6.45, 7) is 6.99. The molecule has 0 amide bonds. The van der Waals surface area contributed by atoms with Gasteiger partial charge in [0.1, 0.15) is 0 Å². The number of aliphatic hydroxyl groups is 2. The van der Waals surface area contributed by atoms with Gasteiger partial charge in [0.15, 0.2) is 0 Å². The highest BCUT2D eigenvalue weighted by molar-refractivity contribution is 7.80. The summed E-state index contributed by atoms with van der Waals surface area (Å²) in [5.41, 5.74) is 10.4. The number of nitrogens with two attached hydrogens (primary N) is 1. The van der Waals surface area contributed by atoms with Gasteiger partial charge in [-0.3, -0.25) is 0 Å². The molecule has 0 saturated heterocycles. The number of fused-ring (bicyclic) bond motifs is 1. The van der Waals surface area contributed by atoms with Gasteiger partial charge in [0.2, 0.25) is 0 Å². The highest BCUT2D eigenvalue weighted by Crippen LogP contribution is 2.42. The van der Waals surface area contributed by atoms with E-state index in [0.717, 1.165) is 23.4 Å². The van der Waals surface area contributed by atoms with Gasteiger partial charge in [-0.2, -0.15) is 12.6 Å². The molecule has 0 radical (unpaired) electrons. The first kappa shape index (κ1) is 17.4. The number of rotatable bonds is 5. The third-order valence-corrected chi connectivity index (χ3v) is 5.48. The minimum absolute atomic E-state index is 0.0491. The molecule has 1 aliphatic rings. The maximum atomic E-state index is 9.72. The Labute approximate surface area is 138 Å². The number of hydrogen-bond acceptors (Lipinski definition) is 5. The van der Waals surface area contributed by atoms with Gasteiger partial charge in [0.05, 0.1) is 12.7 Å². The molecule has 0 bridgehead atoms. The van der Waals surface area contributed by atoms with E-state index in [4.69, 9.17) is 10.8 Å². The van der Waals surface area contributed by atoms with Crippen molar-refractivity contribution in [3.05, 3.63) is 23.3 Å². The number of thiol groups is 1. The molecule has 0 aliphatic carbocycles. The molecule has 0 spiro atoms. The summed E-state index contributed by atoms with van der Waals surface area (Å²) in [6, 6.07) is 4.22. The van der Waals surface area contributed by atoms with E-state index >= 15 is 0 Å². The second-order valence-corrected chi connectivity index (χ2v) is 7.22. The van der Waals surface area contributed by atoms with E-state index in [2.05, 4.69) is 43.5 Å². The lowest BCUT2D eigenvalue weighted by atomic mass is 9.77. The largest absolute Gasteiger partial charge is 0.399 e. The van der Waals surface area contributed by atoms with Crippen LogP contribution in [0.5, 0.6) is 0 Å². The van der Waals surface area contributed by atoms with E-state index < -0.39 is 6.10 Å². The Hall–Kier alpha value is -0.910. The lowest BCUT2D eigenvalue weighted by Crippen LogP contribution is -2.55. The molecule has 22 heavy (non-hydrogen) atoms. The van der Waals surface area contributed by atoms with Gasteiger partial charge < -0.3 is 20.8 Å². The van der Waals surface area contributed by atoms with Gasteiger partial charge in [0.25, 0.3) is 0 Å². The Bertz CT molecular complexity index is 534. The molecule has 1 aromatic carbocycles. The van der Waals surface area contributed by atoms with E-state index in [1.165, 1.54) is 11.3 Å². The molecular weight excluding hydrogens is 296 g/mol. The van der Waals surface area contributed by atoms with Crippen LogP contribution in [-0.2, 0) is 6.42 Å². The van der Waals surface area contributed by atoms with Crippen LogP contribution in [0.2, 0.25) is 0 Å². The zero-order valence-electron chi connectivity index (χ0n) is 13.7. The summed E-state index contributed by atoms with van der Waals surface area (Å²) in [5.74, 6) is 1.22.